The molecule has 0 saturated heterocycles. The van der Waals surface area contributed by atoms with Gasteiger partial charge in [-0.2, -0.15) is 0 Å². The molecule has 0 spiro atoms. The van der Waals surface area contributed by atoms with E-state index in [0.29, 0.717) is 0 Å². The minimum atomic E-state index is -0.867. The summed E-state index contributed by atoms with van der Waals surface area (Å²) >= 11 is 0. The maximum Gasteiger partial charge on any atom is 0.178 e. The van der Waals surface area contributed by atoms with E-state index in [1.807, 2.05) is 75.4 Å². The minimum absolute atomic E-state index is 0.175. The summed E-state index contributed by atoms with van der Waals surface area (Å²) in [5.74, 6) is 0. The third kappa shape index (κ3) is 5.43. The third-order valence-electron chi connectivity index (χ3n) is 5.63. The molecule has 1 heterocycles. The van der Waals surface area contributed by atoms with Crippen molar-refractivity contribution >= 4 is 0 Å². The molecule has 0 aromatic heterocycles. The molecule has 1 N–H and O–H groups in total. The normalized spacial score (nSPS) is 21.2. The van der Waals surface area contributed by atoms with E-state index in [-0.39, 0.29) is 12.2 Å². The van der Waals surface area contributed by atoms with Crippen LogP contribution in [0.4, 0.5) is 0 Å². The van der Waals surface area contributed by atoms with Gasteiger partial charge in [0.15, 0.2) is 6.29 Å². The summed E-state index contributed by atoms with van der Waals surface area (Å²) in [6.07, 6.45) is 1.58. The number of hydrogen-bond acceptors (Lipinski definition) is 4. The quantitative estimate of drug-likeness (QED) is 0.389. The number of aliphatic hydroxyl groups excluding tert-OH is 1. The Hall–Kier alpha value is -2.76. The topological polar surface area (TPSA) is 47.9 Å². The molecule has 1 aliphatic heterocycles. The Morgan fingerprint density at radius 3 is 1.61 bits per heavy atom. The molecule has 0 unspecified atom stereocenters. The fraction of sp³-hybridized carbons (Fsp3) is 0.310. The molecule has 4 heteroatoms. The summed E-state index contributed by atoms with van der Waals surface area (Å²) in [5, 5.41) is 10.6. The lowest BCUT2D eigenvalue weighted by Crippen LogP contribution is -2.44. The highest BCUT2D eigenvalue weighted by molar-refractivity contribution is 5.47. The van der Waals surface area contributed by atoms with Gasteiger partial charge in [-0.1, -0.05) is 97.1 Å². The van der Waals surface area contributed by atoms with Crippen molar-refractivity contribution in [3.05, 3.63) is 120 Å². The molecule has 0 bridgehead atoms. The molecule has 3 atom stereocenters. The first-order chi connectivity index (χ1) is 15.9. The van der Waals surface area contributed by atoms with Crippen LogP contribution >= 0.6 is 0 Å². The first-order valence-corrected chi connectivity index (χ1v) is 11.4. The van der Waals surface area contributed by atoms with E-state index >= 15 is 0 Å². The first kappa shape index (κ1) is 23.4. The summed E-state index contributed by atoms with van der Waals surface area (Å²) in [4.78, 5) is 0. The molecule has 0 aliphatic carbocycles. The average Bonchev–Trinajstić information content (AvgIpc) is 2.82. The Kier molecular flexibility index (Phi) is 7.11. The van der Waals surface area contributed by atoms with Crippen molar-refractivity contribution in [2.45, 2.75) is 50.5 Å². The second-order valence-corrected chi connectivity index (χ2v) is 9.24. The van der Waals surface area contributed by atoms with Crippen molar-refractivity contribution in [2.75, 3.05) is 6.61 Å². The Morgan fingerprint density at radius 2 is 1.18 bits per heavy atom. The lowest BCUT2D eigenvalue weighted by Gasteiger charge is -2.39. The van der Waals surface area contributed by atoms with Gasteiger partial charge in [-0.3, -0.25) is 0 Å². The predicted molar refractivity (Wildman–Crippen MR) is 130 cm³/mol. The third-order valence-corrected chi connectivity index (χ3v) is 5.63. The van der Waals surface area contributed by atoms with Crippen LogP contribution in [-0.4, -0.2) is 35.8 Å². The predicted octanol–water partition coefficient (Wildman–Crippen LogP) is 5.45. The zero-order chi connectivity index (χ0) is 23.3. The Labute approximate surface area is 196 Å². The van der Waals surface area contributed by atoms with Gasteiger partial charge in [-0.25, -0.2) is 0 Å². The van der Waals surface area contributed by atoms with E-state index in [1.165, 1.54) is 0 Å². The van der Waals surface area contributed by atoms with Crippen LogP contribution in [-0.2, 0) is 19.8 Å². The van der Waals surface area contributed by atoms with Gasteiger partial charge in [0.25, 0.3) is 0 Å². The van der Waals surface area contributed by atoms with Gasteiger partial charge < -0.3 is 19.3 Å². The van der Waals surface area contributed by atoms with Crippen molar-refractivity contribution in [3.63, 3.8) is 0 Å². The van der Waals surface area contributed by atoms with Gasteiger partial charge in [0.05, 0.1) is 12.2 Å². The first-order valence-electron chi connectivity index (χ1n) is 11.4. The number of rotatable bonds is 7. The molecule has 0 radical (unpaired) electrons. The van der Waals surface area contributed by atoms with Crippen LogP contribution in [0.15, 0.2) is 103 Å². The Balaban J connectivity index is 1.71. The van der Waals surface area contributed by atoms with Crippen molar-refractivity contribution in [1.29, 1.82) is 0 Å². The highest BCUT2D eigenvalue weighted by Gasteiger charge is 2.39. The van der Waals surface area contributed by atoms with Gasteiger partial charge in [-0.05, 0) is 43.5 Å². The van der Waals surface area contributed by atoms with Crippen LogP contribution in [0.2, 0.25) is 0 Å². The van der Waals surface area contributed by atoms with E-state index < -0.39 is 24.1 Å². The average molecular weight is 445 g/mol. The zero-order valence-electron chi connectivity index (χ0n) is 19.4. The second kappa shape index (κ2) is 10.0. The lowest BCUT2D eigenvalue weighted by atomic mass is 9.80. The van der Waals surface area contributed by atoms with Crippen LogP contribution in [0.25, 0.3) is 0 Å². The van der Waals surface area contributed by atoms with Gasteiger partial charge >= 0.3 is 0 Å². The second-order valence-electron chi connectivity index (χ2n) is 9.24. The molecule has 4 rings (SSSR count). The number of benzene rings is 3. The summed E-state index contributed by atoms with van der Waals surface area (Å²) in [7, 11) is 0. The molecular weight excluding hydrogens is 412 g/mol. The van der Waals surface area contributed by atoms with Crippen LogP contribution in [0.5, 0.6) is 0 Å². The molecule has 0 amide bonds. The number of ether oxygens (including phenoxy) is 3. The van der Waals surface area contributed by atoms with Crippen LogP contribution in [0.1, 0.15) is 37.5 Å². The van der Waals surface area contributed by atoms with Crippen molar-refractivity contribution in [2.24, 2.45) is 0 Å². The molecule has 3 aromatic carbocycles. The summed E-state index contributed by atoms with van der Waals surface area (Å²) in [6, 6.07) is 30.5. The molecular formula is C29H32O4. The maximum atomic E-state index is 10.6. The summed E-state index contributed by atoms with van der Waals surface area (Å²) in [5.41, 5.74) is 1.78. The largest absolute Gasteiger partial charge is 0.386 e. The van der Waals surface area contributed by atoms with Crippen LogP contribution in [0.3, 0.4) is 0 Å². The van der Waals surface area contributed by atoms with Crippen molar-refractivity contribution in [3.8, 4) is 0 Å². The maximum absolute atomic E-state index is 10.6. The van der Waals surface area contributed by atoms with E-state index in [4.69, 9.17) is 14.2 Å². The number of hydrogen-bond donors (Lipinski definition) is 1. The number of aliphatic hydroxyl groups is 1. The van der Waals surface area contributed by atoms with Gasteiger partial charge in [0, 0.05) is 0 Å². The zero-order valence-corrected chi connectivity index (χ0v) is 19.4. The highest BCUT2D eigenvalue weighted by atomic mass is 16.7. The molecule has 172 valence electrons. The highest BCUT2D eigenvalue weighted by Crippen LogP contribution is 2.41. The smallest absolute Gasteiger partial charge is 0.178 e. The van der Waals surface area contributed by atoms with Crippen LogP contribution in [0, 0.1) is 0 Å². The molecule has 4 nitrogen and oxygen atoms in total. The SMILES string of the molecule is CC(C)(C)O[C@H]1C=C[C@@H](O)[C@@H](COC(c2ccccc2)(c2ccccc2)c2ccccc2)O1. The molecule has 33 heavy (non-hydrogen) atoms. The Morgan fingerprint density at radius 1 is 0.727 bits per heavy atom. The summed E-state index contributed by atoms with van der Waals surface area (Å²) < 4.78 is 18.9. The van der Waals surface area contributed by atoms with Crippen molar-refractivity contribution in [1.82, 2.24) is 0 Å². The molecule has 1 aliphatic rings. The Bertz CT molecular complexity index is 929. The monoisotopic (exact) mass is 444 g/mol. The van der Waals surface area contributed by atoms with E-state index in [1.54, 1.807) is 12.2 Å². The molecule has 3 aromatic rings. The lowest BCUT2D eigenvalue weighted by molar-refractivity contribution is -0.223. The van der Waals surface area contributed by atoms with Gasteiger partial charge in [0.2, 0.25) is 0 Å². The van der Waals surface area contributed by atoms with E-state index in [0.717, 1.165) is 16.7 Å². The molecule has 0 saturated carbocycles. The summed E-state index contributed by atoms with van der Waals surface area (Å²) in [6.45, 7) is 6.11. The van der Waals surface area contributed by atoms with Crippen molar-refractivity contribution < 1.29 is 19.3 Å². The van der Waals surface area contributed by atoms with E-state index in [9.17, 15) is 5.11 Å². The standard InChI is InChI=1S/C29H32O4/c1-28(2,3)33-27-20-19-25(30)26(32-27)21-31-29(22-13-7-4-8-14-22,23-15-9-5-10-16-23)24-17-11-6-12-18-24/h4-20,25-27,30H,21H2,1-3H3/t25-,26-,27+/m1/s1. The van der Waals surface area contributed by atoms with Crippen LogP contribution < -0.4 is 0 Å². The fourth-order valence-corrected chi connectivity index (χ4v) is 4.16. The van der Waals surface area contributed by atoms with Gasteiger partial charge in [0.1, 0.15) is 17.8 Å². The van der Waals surface area contributed by atoms with E-state index in [2.05, 4.69) is 36.4 Å². The molecule has 0 fully saturated rings. The van der Waals surface area contributed by atoms with Gasteiger partial charge in [-0.15, -0.1) is 0 Å². The minimum Gasteiger partial charge on any atom is -0.386 e. The fourth-order valence-electron chi connectivity index (χ4n) is 4.16.